The molecule has 0 saturated heterocycles. The van der Waals surface area contributed by atoms with E-state index in [4.69, 9.17) is 4.42 Å². The Hall–Kier alpha value is -2.37. The third-order valence-electron chi connectivity index (χ3n) is 3.40. The lowest BCUT2D eigenvalue weighted by Gasteiger charge is -2.10. The predicted molar refractivity (Wildman–Crippen MR) is 89.7 cm³/mol. The molecule has 23 heavy (non-hydrogen) atoms. The van der Waals surface area contributed by atoms with Gasteiger partial charge < -0.3 is 15.1 Å². The SMILES string of the molecule is Cc1cc(NCCCNC(=O)c2occc2C)nc(C(C)C)n1. The highest BCUT2D eigenvalue weighted by Crippen LogP contribution is 2.13. The third-order valence-corrected chi connectivity index (χ3v) is 3.40. The lowest BCUT2D eigenvalue weighted by molar-refractivity contribution is 0.0925. The van der Waals surface area contributed by atoms with Crippen LogP contribution in [-0.4, -0.2) is 29.0 Å². The van der Waals surface area contributed by atoms with Crippen LogP contribution >= 0.6 is 0 Å². The summed E-state index contributed by atoms with van der Waals surface area (Å²) in [6.45, 7) is 9.27. The number of carbonyl (C=O) groups excluding carboxylic acids is 1. The summed E-state index contributed by atoms with van der Waals surface area (Å²) in [5.41, 5.74) is 1.80. The topological polar surface area (TPSA) is 80.0 Å². The molecule has 0 radical (unpaired) electrons. The van der Waals surface area contributed by atoms with Crippen molar-refractivity contribution in [1.82, 2.24) is 15.3 Å². The maximum Gasteiger partial charge on any atom is 0.287 e. The molecule has 0 fully saturated rings. The minimum Gasteiger partial charge on any atom is -0.459 e. The highest BCUT2D eigenvalue weighted by Gasteiger charge is 2.11. The van der Waals surface area contributed by atoms with Gasteiger partial charge in [0.2, 0.25) is 0 Å². The first kappa shape index (κ1) is 17.0. The van der Waals surface area contributed by atoms with Crippen LogP contribution in [0.2, 0.25) is 0 Å². The van der Waals surface area contributed by atoms with Crippen molar-refractivity contribution in [2.75, 3.05) is 18.4 Å². The molecule has 0 aliphatic heterocycles. The Morgan fingerprint density at radius 1 is 1.26 bits per heavy atom. The molecule has 124 valence electrons. The van der Waals surface area contributed by atoms with Crippen LogP contribution in [0.3, 0.4) is 0 Å². The Morgan fingerprint density at radius 3 is 2.70 bits per heavy atom. The number of nitrogens with zero attached hydrogens (tertiary/aromatic N) is 2. The van der Waals surface area contributed by atoms with E-state index in [0.717, 1.165) is 35.9 Å². The fourth-order valence-corrected chi connectivity index (χ4v) is 2.13. The Labute approximate surface area is 136 Å². The average molecular weight is 316 g/mol. The number of anilines is 1. The Balaban J connectivity index is 1.76. The minimum absolute atomic E-state index is 0.174. The standard InChI is InChI=1S/C17H24N4O2/c1-11(2)16-20-13(4)10-14(21-16)18-7-5-8-19-17(22)15-12(3)6-9-23-15/h6,9-11H,5,7-8H2,1-4H3,(H,19,22)(H,18,20,21). The third kappa shape index (κ3) is 4.81. The van der Waals surface area contributed by atoms with E-state index in [1.54, 1.807) is 6.07 Å². The number of rotatable bonds is 7. The molecule has 6 nitrogen and oxygen atoms in total. The summed E-state index contributed by atoms with van der Waals surface area (Å²) >= 11 is 0. The normalized spacial score (nSPS) is 10.8. The largest absolute Gasteiger partial charge is 0.459 e. The van der Waals surface area contributed by atoms with Gasteiger partial charge in [0.15, 0.2) is 5.76 Å². The second-order valence-corrected chi connectivity index (χ2v) is 5.88. The molecule has 0 bridgehead atoms. The van der Waals surface area contributed by atoms with E-state index in [1.165, 1.54) is 6.26 Å². The first-order valence-electron chi connectivity index (χ1n) is 7.89. The average Bonchev–Trinajstić information content (AvgIpc) is 2.92. The number of nitrogens with one attached hydrogen (secondary N) is 2. The molecule has 0 aliphatic carbocycles. The maximum absolute atomic E-state index is 11.9. The van der Waals surface area contributed by atoms with Crippen LogP contribution in [0.15, 0.2) is 22.8 Å². The highest BCUT2D eigenvalue weighted by atomic mass is 16.3. The number of aromatic nitrogens is 2. The van der Waals surface area contributed by atoms with Gasteiger partial charge in [-0.15, -0.1) is 0 Å². The summed E-state index contributed by atoms with van der Waals surface area (Å²) in [7, 11) is 0. The summed E-state index contributed by atoms with van der Waals surface area (Å²) in [5, 5.41) is 6.12. The van der Waals surface area contributed by atoms with Gasteiger partial charge in [-0.2, -0.15) is 0 Å². The lowest BCUT2D eigenvalue weighted by atomic mass is 10.2. The van der Waals surface area contributed by atoms with Crippen LogP contribution < -0.4 is 10.6 Å². The van der Waals surface area contributed by atoms with Gasteiger partial charge in [0.25, 0.3) is 5.91 Å². The quantitative estimate of drug-likeness (QED) is 0.767. The van der Waals surface area contributed by atoms with Crippen molar-refractivity contribution >= 4 is 11.7 Å². The molecule has 2 N–H and O–H groups in total. The van der Waals surface area contributed by atoms with Crippen molar-refractivity contribution in [2.45, 2.75) is 40.0 Å². The predicted octanol–water partition coefficient (Wildman–Crippen LogP) is 3.04. The molecule has 0 atom stereocenters. The number of aryl methyl sites for hydroxylation is 2. The second kappa shape index (κ2) is 7.76. The lowest BCUT2D eigenvalue weighted by Crippen LogP contribution is -2.26. The first-order chi connectivity index (χ1) is 11.0. The van der Waals surface area contributed by atoms with Gasteiger partial charge >= 0.3 is 0 Å². The molecular weight excluding hydrogens is 292 g/mol. The molecular formula is C17H24N4O2. The van der Waals surface area contributed by atoms with Crippen LogP contribution in [0, 0.1) is 13.8 Å². The van der Waals surface area contributed by atoms with Gasteiger partial charge in [-0.3, -0.25) is 4.79 Å². The summed E-state index contributed by atoms with van der Waals surface area (Å²) < 4.78 is 5.16. The van der Waals surface area contributed by atoms with Gasteiger partial charge in [0.05, 0.1) is 6.26 Å². The molecule has 2 aromatic heterocycles. The van der Waals surface area contributed by atoms with Crippen LogP contribution in [0.4, 0.5) is 5.82 Å². The number of amides is 1. The van der Waals surface area contributed by atoms with Gasteiger partial charge in [-0.1, -0.05) is 13.8 Å². The number of hydrogen-bond donors (Lipinski definition) is 2. The Bertz CT molecular complexity index is 664. The smallest absolute Gasteiger partial charge is 0.287 e. The van der Waals surface area contributed by atoms with Crippen LogP contribution in [-0.2, 0) is 0 Å². The molecule has 2 heterocycles. The molecule has 2 rings (SSSR count). The monoisotopic (exact) mass is 316 g/mol. The molecule has 0 saturated carbocycles. The van der Waals surface area contributed by atoms with Crippen LogP contribution in [0.1, 0.15) is 53.8 Å². The summed E-state index contributed by atoms with van der Waals surface area (Å²) in [4.78, 5) is 20.8. The zero-order valence-corrected chi connectivity index (χ0v) is 14.1. The zero-order valence-electron chi connectivity index (χ0n) is 14.1. The highest BCUT2D eigenvalue weighted by molar-refractivity contribution is 5.92. The molecule has 6 heteroatoms. The van der Waals surface area contributed by atoms with E-state index in [9.17, 15) is 4.79 Å². The van der Waals surface area contributed by atoms with Crippen molar-refractivity contribution in [2.24, 2.45) is 0 Å². The van der Waals surface area contributed by atoms with Gasteiger partial charge in [0, 0.05) is 36.3 Å². The summed E-state index contributed by atoms with van der Waals surface area (Å²) in [6, 6.07) is 3.71. The van der Waals surface area contributed by atoms with Crippen LogP contribution in [0.5, 0.6) is 0 Å². The van der Waals surface area contributed by atoms with Crippen molar-refractivity contribution in [3.63, 3.8) is 0 Å². The fourth-order valence-electron chi connectivity index (χ4n) is 2.13. The number of furan rings is 1. The minimum atomic E-state index is -0.174. The van der Waals surface area contributed by atoms with Gasteiger partial charge in [-0.05, 0) is 26.3 Å². The van der Waals surface area contributed by atoms with Crippen molar-refractivity contribution in [3.05, 3.63) is 41.2 Å². The Morgan fingerprint density at radius 2 is 2.04 bits per heavy atom. The van der Waals surface area contributed by atoms with E-state index in [2.05, 4.69) is 34.4 Å². The molecule has 2 aromatic rings. The van der Waals surface area contributed by atoms with Crippen molar-refractivity contribution in [3.8, 4) is 0 Å². The van der Waals surface area contributed by atoms with Crippen LogP contribution in [0.25, 0.3) is 0 Å². The summed E-state index contributed by atoms with van der Waals surface area (Å²) in [6.07, 6.45) is 2.32. The number of carbonyl (C=O) groups is 1. The van der Waals surface area contributed by atoms with Crippen molar-refractivity contribution in [1.29, 1.82) is 0 Å². The van der Waals surface area contributed by atoms with E-state index in [1.807, 2.05) is 19.9 Å². The van der Waals surface area contributed by atoms with E-state index in [0.29, 0.717) is 18.2 Å². The van der Waals surface area contributed by atoms with Crippen molar-refractivity contribution < 1.29 is 9.21 Å². The van der Waals surface area contributed by atoms with E-state index >= 15 is 0 Å². The van der Waals surface area contributed by atoms with Gasteiger partial charge in [-0.25, -0.2) is 9.97 Å². The van der Waals surface area contributed by atoms with E-state index < -0.39 is 0 Å². The maximum atomic E-state index is 11.9. The molecule has 0 spiro atoms. The van der Waals surface area contributed by atoms with E-state index in [-0.39, 0.29) is 5.91 Å². The number of hydrogen-bond acceptors (Lipinski definition) is 5. The molecule has 0 aliphatic rings. The zero-order chi connectivity index (χ0) is 16.8. The molecule has 0 aromatic carbocycles. The molecule has 0 unspecified atom stereocenters. The Kier molecular flexibility index (Phi) is 5.73. The second-order valence-electron chi connectivity index (χ2n) is 5.88. The first-order valence-corrected chi connectivity index (χ1v) is 7.89. The fraction of sp³-hybridized carbons (Fsp3) is 0.471. The molecule has 1 amide bonds. The van der Waals surface area contributed by atoms with Gasteiger partial charge in [0.1, 0.15) is 11.6 Å². The summed E-state index contributed by atoms with van der Waals surface area (Å²) in [5.74, 6) is 2.17.